The lowest BCUT2D eigenvalue weighted by molar-refractivity contribution is -0.130. The first-order valence-electron chi connectivity index (χ1n) is 5.47. The van der Waals surface area contributed by atoms with Crippen molar-refractivity contribution in [2.75, 3.05) is 0 Å². The van der Waals surface area contributed by atoms with E-state index in [1.54, 1.807) is 13.0 Å². The van der Waals surface area contributed by atoms with Crippen molar-refractivity contribution >= 4 is 5.97 Å². The Morgan fingerprint density at radius 2 is 1.65 bits per heavy atom. The summed E-state index contributed by atoms with van der Waals surface area (Å²) in [6.45, 7) is 1.66. The highest BCUT2D eigenvalue weighted by Crippen LogP contribution is 2.29. The maximum Gasteiger partial charge on any atom is 0.314 e. The van der Waals surface area contributed by atoms with Crippen molar-refractivity contribution in [1.29, 1.82) is 0 Å². The van der Waals surface area contributed by atoms with Gasteiger partial charge in [0.1, 0.15) is 5.75 Å². The number of esters is 1. The van der Waals surface area contributed by atoms with Crippen LogP contribution in [-0.2, 0) is 4.79 Å². The van der Waals surface area contributed by atoms with Crippen LogP contribution in [0.4, 0.5) is 0 Å². The predicted molar refractivity (Wildman–Crippen MR) is 67.5 cm³/mol. The van der Waals surface area contributed by atoms with E-state index in [-0.39, 0.29) is 5.97 Å². The standard InChI is InChI=1S/C15H13O2/c1-2-15(16)17-14-11-7-6-10-13(14)12-8-4-3-5-9-12/h2-11H,1H3. The van der Waals surface area contributed by atoms with Crippen LogP contribution in [0.1, 0.15) is 6.92 Å². The number of ether oxygens (including phenoxy) is 1. The summed E-state index contributed by atoms with van der Waals surface area (Å²) in [6, 6.07) is 17.4. The molecule has 0 aliphatic carbocycles. The molecular weight excluding hydrogens is 212 g/mol. The van der Waals surface area contributed by atoms with Gasteiger partial charge in [0.05, 0.1) is 6.42 Å². The van der Waals surface area contributed by atoms with Gasteiger partial charge in [-0.05, 0) is 11.6 Å². The van der Waals surface area contributed by atoms with Gasteiger partial charge in [-0.1, -0.05) is 55.5 Å². The van der Waals surface area contributed by atoms with Gasteiger partial charge in [0, 0.05) is 5.56 Å². The monoisotopic (exact) mass is 225 g/mol. The zero-order valence-electron chi connectivity index (χ0n) is 9.59. The van der Waals surface area contributed by atoms with Gasteiger partial charge in [-0.25, -0.2) is 0 Å². The van der Waals surface area contributed by atoms with E-state index in [4.69, 9.17) is 4.74 Å². The van der Waals surface area contributed by atoms with E-state index >= 15 is 0 Å². The first kappa shape index (κ1) is 11.4. The molecule has 17 heavy (non-hydrogen) atoms. The summed E-state index contributed by atoms with van der Waals surface area (Å²) < 4.78 is 5.25. The smallest absolute Gasteiger partial charge is 0.314 e. The molecule has 0 N–H and O–H groups in total. The van der Waals surface area contributed by atoms with Crippen LogP contribution >= 0.6 is 0 Å². The van der Waals surface area contributed by atoms with Crippen LogP contribution in [0.5, 0.6) is 5.75 Å². The predicted octanol–water partition coefficient (Wildman–Crippen LogP) is 3.48. The third kappa shape index (κ3) is 2.72. The SMILES string of the molecule is C[CH]C(=O)Oc1ccccc1-c1ccccc1. The number of hydrogen-bond acceptors (Lipinski definition) is 2. The number of benzene rings is 2. The molecular formula is C15H13O2. The fourth-order valence-electron chi connectivity index (χ4n) is 1.58. The van der Waals surface area contributed by atoms with Crippen LogP contribution in [0.2, 0.25) is 0 Å². The average Bonchev–Trinajstić information content (AvgIpc) is 2.40. The molecule has 0 unspecified atom stereocenters. The lowest BCUT2D eigenvalue weighted by Gasteiger charge is -2.09. The van der Waals surface area contributed by atoms with E-state index < -0.39 is 0 Å². The molecule has 0 aliphatic heterocycles. The lowest BCUT2D eigenvalue weighted by Crippen LogP contribution is -2.06. The lowest BCUT2D eigenvalue weighted by atomic mass is 10.1. The second-order valence-electron chi connectivity index (χ2n) is 3.57. The number of carbonyl (C=O) groups excluding carboxylic acids is 1. The summed E-state index contributed by atoms with van der Waals surface area (Å²) in [5.41, 5.74) is 1.95. The van der Waals surface area contributed by atoms with E-state index in [0.29, 0.717) is 5.75 Å². The van der Waals surface area contributed by atoms with Gasteiger partial charge >= 0.3 is 5.97 Å². The third-order valence-corrected chi connectivity index (χ3v) is 2.42. The summed E-state index contributed by atoms with van der Waals surface area (Å²) in [5.74, 6) is 0.246. The van der Waals surface area contributed by atoms with Crippen molar-refractivity contribution in [3.05, 3.63) is 61.0 Å². The average molecular weight is 225 g/mol. The van der Waals surface area contributed by atoms with Crippen LogP contribution in [-0.4, -0.2) is 5.97 Å². The molecule has 0 bridgehead atoms. The molecule has 0 fully saturated rings. The minimum absolute atomic E-state index is 0.339. The van der Waals surface area contributed by atoms with Gasteiger partial charge in [-0.15, -0.1) is 0 Å². The summed E-state index contributed by atoms with van der Waals surface area (Å²) in [4.78, 5) is 11.3. The molecule has 0 heterocycles. The van der Waals surface area contributed by atoms with Crippen molar-refractivity contribution in [3.8, 4) is 16.9 Å². The largest absolute Gasteiger partial charge is 0.426 e. The van der Waals surface area contributed by atoms with Crippen molar-refractivity contribution in [1.82, 2.24) is 0 Å². The molecule has 0 aromatic heterocycles. The molecule has 2 heteroatoms. The van der Waals surface area contributed by atoms with E-state index in [1.807, 2.05) is 48.5 Å². The Hall–Kier alpha value is -2.09. The molecule has 0 saturated heterocycles. The van der Waals surface area contributed by atoms with Crippen molar-refractivity contribution in [2.45, 2.75) is 6.92 Å². The second-order valence-corrected chi connectivity index (χ2v) is 3.57. The fourth-order valence-corrected chi connectivity index (χ4v) is 1.58. The highest BCUT2D eigenvalue weighted by atomic mass is 16.5. The van der Waals surface area contributed by atoms with Crippen molar-refractivity contribution in [3.63, 3.8) is 0 Å². The molecule has 1 radical (unpaired) electrons. The summed E-state index contributed by atoms with van der Waals surface area (Å²) in [6.07, 6.45) is 1.40. The molecule has 2 nitrogen and oxygen atoms in total. The zero-order chi connectivity index (χ0) is 12.1. The van der Waals surface area contributed by atoms with Gasteiger partial charge in [-0.2, -0.15) is 0 Å². The van der Waals surface area contributed by atoms with Gasteiger partial charge in [0.25, 0.3) is 0 Å². The Labute approximate surface area is 101 Å². The normalized spacial score (nSPS) is 9.94. The summed E-state index contributed by atoms with van der Waals surface area (Å²) in [7, 11) is 0. The number of carbonyl (C=O) groups is 1. The number of para-hydroxylation sites is 1. The van der Waals surface area contributed by atoms with Crippen molar-refractivity contribution < 1.29 is 9.53 Å². The molecule has 2 rings (SSSR count). The van der Waals surface area contributed by atoms with Gasteiger partial charge in [0.15, 0.2) is 0 Å². The molecule has 2 aromatic carbocycles. The van der Waals surface area contributed by atoms with Gasteiger partial charge < -0.3 is 4.74 Å². The molecule has 0 aliphatic rings. The second kappa shape index (κ2) is 5.30. The third-order valence-electron chi connectivity index (χ3n) is 2.42. The minimum atomic E-state index is -0.339. The zero-order valence-corrected chi connectivity index (χ0v) is 9.59. The minimum Gasteiger partial charge on any atom is -0.426 e. The quantitative estimate of drug-likeness (QED) is 0.590. The summed E-state index contributed by atoms with van der Waals surface area (Å²) in [5, 5.41) is 0. The van der Waals surface area contributed by atoms with Crippen LogP contribution in [0.15, 0.2) is 54.6 Å². The van der Waals surface area contributed by atoms with Crippen LogP contribution in [0.3, 0.4) is 0 Å². The van der Waals surface area contributed by atoms with E-state index in [1.165, 1.54) is 6.42 Å². The fraction of sp³-hybridized carbons (Fsp3) is 0.0667. The van der Waals surface area contributed by atoms with E-state index in [2.05, 4.69) is 0 Å². The first-order chi connectivity index (χ1) is 8.31. The molecule has 0 saturated carbocycles. The van der Waals surface area contributed by atoms with E-state index in [0.717, 1.165) is 11.1 Å². The van der Waals surface area contributed by atoms with Crippen LogP contribution < -0.4 is 4.74 Å². The molecule has 0 amide bonds. The van der Waals surface area contributed by atoms with E-state index in [9.17, 15) is 4.79 Å². The molecule has 0 atom stereocenters. The first-order valence-corrected chi connectivity index (χ1v) is 5.47. The highest BCUT2D eigenvalue weighted by Gasteiger charge is 2.08. The van der Waals surface area contributed by atoms with Crippen LogP contribution in [0.25, 0.3) is 11.1 Å². The highest BCUT2D eigenvalue weighted by molar-refractivity contribution is 5.83. The summed E-state index contributed by atoms with van der Waals surface area (Å²) >= 11 is 0. The Bertz CT molecular complexity index is 503. The molecule has 2 aromatic rings. The Kier molecular flexibility index (Phi) is 3.55. The molecule has 0 spiro atoms. The maximum atomic E-state index is 11.3. The Morgan fingerprint density at radius 3 is 2.35 bits per heavy atom. The van der Waals surface area contributed by atoms with Crippen LogP contribution in [0, 0.1) is 6.42 Å². The Morgan fingerprint density at radius 1 is 1.00 bits per heavy atom. The van der Waals surface area contributed by atoms with Gasteiger partial charge in [-0.3, -0.25) is 4.79 Å². The number of hydrogen-bond donors (Lipinski definition) is 0. The topological polar surface area (TPSA) is 26.3 Å². The molecule has 85 valence electrons. The van der Waals surface area contributed by atoms with Crippen molar-refractivity contribution in [2.24, 2.45) is 0 Å². The maximum absolute atomic E-state index is 11.3. The number of rotatable bonds is 3. The Balaban J connectivity index is 2.38. The van der Waals surface area contributed by atoms with Gasteiger partial charge in [0.2, 0.25) is 0 Å².